The number of carbonyl (C=O) groups excluding carboxylic acids is 1. The molecule has 2 rings (SSSR count). The van der Waals surface area contributed by atoms with Gasteiger partial charge in [-0.3, -0.25) is 9.78 Å². The van der Waals surface area contributed by atoms with Crippen molar-refractivity contribution in [3.8, 4) is 0 Å². The number of nitrogens with zero attached hydrogens (tertiary/aromatic N) is 1. The maximum atomic E-state index is 12.5. The van der Waals surface area contributed by atoms with Gasteiger partial charge in [0.25, 0.3) is 0 Å². The summed E-state index contributed by atoms with van der Waals surface area (Å²) in [5, 5.41) is 12.1. The molecule has 0 radical (unpaired) electrons. The van der Waals surface area contributed by atoms with Crippen molar-refractivity contribution < 1.29 is 9.90 Å². The number of pyridine rings is 1. The zero-order chi connectivity index (χ0) is 16.3. The maximum Gasteiger partial charge on any atom is 0.169 e. The number of rotatable bonds is 5. The number of hydrogen-bond donors (Lipinski definition) is 1. The molecule has 0 saturated carbocycles. The Balaban J connectivity index is 2.57. The van der Waals surface area contributed by atoms with E-state index in [0.29, 0.717) is 21.2 Å². The first kappa shape index (κ1) is 16.9. The van der Waals surface area contributed by atoms with Crippen molar-refractivity contribution in [2.75, 3.05) is 0 Å². The molecule has 116 valence electrons. The second kappa shape index (κ2) is 6.78. The number of benzene rings is 1. The highest BCUT2D eigenvalue weighted by Crippen LogP contribution is 2.41. The summed E-state index contributed by atoms with van der Waals surface area (Å²) in [7, 11) is 0. The summed E-state index contributed by atoms with van der Waals surface area (Å²) in [4.78, 5) is 16.5. The van der Waals surface area contributed by atoms with Gasteiger partial charge in [0.15, 0.2) is 11.4 Å². The average Bonchev–Trinajstić information content (AvgIpc) is 2.53. The fourth-order valence-electron chi connectivity index (χ4n) is 2.59. The Morgan fingerprint density at radius 1 is 1.36 bits per heavy atom. The molecule has 2 unspecified atom stereocenters. The molecule has 0 bridgehead atoms. The highest BCUT2D eigenvalue weighted by molar-refractivity contribution is 6.35. The smallest absolute Gasteiger partial charge is 0.169 e. The Hall–Kier alpha value is -1.42. The highest BCUT2D eigenvalue weighted by Gasteiger charge is 2.43. The Morgan fingerprint density at radius 3 is 2.64 bits per heavy atom. The van der Waals surface area contributed by atoms with Gasteiger partial charge in [-0.1, -0.05) is 49.2 Å². The van der Waals surface area contributed by atoms with Crippen molar-refractivity contribution in [1.82, 2.24) is 4.98 Å². The second-order valence-electron chi connectivity index (χ2n) is 5.17. The third kappa shape index (κ3) is 3.02. The van der Waals surface area contributed by atoms with E-state index in [1.165, 1.54) is 6.20 Å². The van der Waals surface area contributed by atoms with Crippen LogP contribution in [0.5, 0.6) is 0 Å². The van der Waals surface area contributed by atoms with E-state index in [1.807, 2.05) is 0 Å². The third-order valence-electron chi connectivity index (χ3n) is 3.90. The van der Waals surface area contributed by atoms with Crippen molar-refractivity contribution in [3.05, 3.63) is 63.9 Å². The fraction of sp³-hybridized carbons (Fsp3) is 0.294. The van der Waals surface area contributed by atoms with Gasteiger partial charge in [0.05, 0.1) is 0 Å². The first-order valence-corrected chi connectivity index (χ1v) is 7.78. The van der Waals surface area contributed by atoms with Crippen molar-refractivity contribution >= 4 is 29.0 Å². The molecule has 5 heteroatoms. The van der Waals surface area contributed by atoms with E-state index in [1.54, 1.807) is 50.4 Å². The van der Waals surface area contributed by atoms with Crippen molar-refractivity contribution in [2.45, 2.75) is 31.8 Å². The van der Waals surface area contributed by atoms with Gasteiger partial charge < -0.3 is 5.11 Å². The van der Waals surface area contributed by atoms with Crippen LogP contribution in [0, 0.1) is 0 Å². The molecule has 0 spiro atoms. The average molecular weight is 338 g/mol. The van der Waals surface area contributed by atoms with Crippen molar-refractivity contribution in [3.63, 3.8) is 0 Å². The maximum absolute atomic E-state index is 12.5. The monoisotopic (exact) mass is 337 g/mol. The number of carbonyl (C=O) groups is 1. The van der Waals surface area contributed by atoms with Crippen LogP contribution >= 0.6 is 23.2 Å². The van der Waals surface area contributed by atoms with E-state index in [2.05, 4.69) is 4.98 Å². The number of halogens is 2. The van der Waals surface area contributed by atoms with Crippen LogP contribution in [-0.2, 0) is 10.4 Å². The van der Waals surface area contributed by atoms with E-state index >= 15 is 0 Å². The zero-order valence-electron chi connectivity index (χ0n) is 12.4. The van der Waals surface area contributed by atoms with Gasteiger partial charge >= 0.3 is 0 Å². The molecule has 1 heterocycles. The van der Waals surface area contributed by atoms with Crippen LogP contribution in [0.2, 0.25) is 10.0 Å². The van der Waals surface area contributed by atoms with Gasteiger partial charge in [-0.15, -0.1) is 0 Å². The zero-order valence-corrected chi connectivity index (χ0v) is 13.9. The van der Waals surface area contributed by atoms with Crippen LogP contribution in [-0.4, -0.2) is 15.9 Å². The number of Topliss-reactive ketones (excluding diaryl/α,β-unsaturated/α-hetero) is 1. The fourth-order valence-corrected chi connectivity index (χ4v) is 3.16. The van der Waals surface area contributed by atoms with Crippen molar-refractivity contribution in [2.24, 2.45) is 0 Å². The van der Waals surface area contributed by atoms with Crippen LogP contribution < -0.4 is 0 Å². The van der Waals surface area contributed by atoms with Crippen LogP contribution in [0.4, 0.5) is 0 Å². The topological polar surface area (TPSA) is 50.2 Å². The van der Waals surface area contributed by atoms with Crippen LogP contribution in [0.1, 0.15) is 37.3 Å². The summed E-state index contributed by atoms with van der Waals surface area (Å²) in [5.74, 6) is -0.812. The quantitative estimate of drug-likeness (QED) is 0.881. The number of aliphatic hydroxyl groups is 1. The summed E-state index contributed by atoms with van der Waals surface area (Å²) in [5.41, 5.74) is -0.555. The number of aromatic nitrogens is 1. The first-order valence-electron chi connectivity index (χ1n) is 7.02. The van der Waals surface area contributed by atoms with Gasteiger partial charge in [-0.05, 0) is 23.8 Å². The lowest BCUT2D eigenvalue weighted by Gasteiger charge is -2.33. The number of ketones is 1. The third-order valence-corrected chi connectivity index (χ3v) is 4.47. The van der Waals surface area contributed by atoms with E-state index in [4.69, 9.17) is 23.2 Å². The molecule has 1 N–H and O–H groups in total. The lowest BCUT2D eigenvalue weighted by atomic mass is 9.75. The molecule has 2 aromatic rings. The van der Waals surface area contributed by atoms with Crippen LogP contribution in [0.15, 0.2) is 42.7 Å². The minimum atomic E-state index is -1.68. The molecule has 0 aliphatic carbocycles. The summed E-state index contributed by atoms with van der Waals surface area (Å²) < 4.78 is 0. The summed E-state index contributed by atoms with van der Waals surface area (Å²) in [6, 6.07) is 8.42. The van der Waals surface area contributed by atoms with Crippen LogP contribution in [0.3, 0.4) is 0 Å². The second-order valence-corrected chi connectivity index (χ2v) is 6.02. The standard InChI is InChI=1S/C17H17Cl2NO2/c1-3-16(21)17(22,12-5-4-8-20-10-12)11(2)14-7-6-13(18)9-15(14)19/h4-11,22H,3H2,1-2H3. The Labute approximate surface area is 139 Å². The molecule has 22 heavy (non-hydrogen) atoms. The largest absolute Gasteiger partial charge is 0.377 e. The van der Waals surface area contributed by atoms with E-state index in [0.717, 1.165) is 0 Å². The molecule has 3 nitrogen and oxygen atoms in total. The normalized spacial score (nSPS) is 15.1. The summed E-state index contributed by atoms with van der Waals surface area (Å²) in [6.45, 7) is 3.50. The molecule has 0 fully saturated rings. The molecule has 0 aliphatic heterocycles. The molecule has 0 saturated heterocycles. The predicted molar refractivity (Wildman–Crippen MR) is 88.3 cm³/mol. The Kier molecular flexibility index (Phi) is 5.22. The van der Waals surface area contributed by atoms with E-state index in [9.17, 15) is 9.90 Å². The minimum Gasteiger partial charge on any atom is -0.377 e. The Bertz CT molecular complexity index is 676. The van der Waals surface area contributed by atoms with Crippen LogP contribution in [0.25, 0.3) is 0 Å². The molecule has 2 atom stereocenters. The van der Waals surface area contributed by atoms with E-state index in [-0.39, 0.29) is 12.2 Å². The van der Waals surface area contributed by atoms with Gasteiger partial charge in [-0.2, -0.15) is 0 Å². The van der Waals surface area contributed by atoms with Crippen molar-refractivity contribution in [1.29, 1.82) is 0 Å². The van der Waals surface area contributed by atoms with Gasteiger partial charge in [0, 0.05) is 40.3 Å². The number of hydrogen-bond acceptors (Lipinski definition) is 3. The SMILES string of the molecule is CCC(=O)C(O)(c1cccnc1)C(C)c1ccc(Cl)cc1Cl. The summed E-state index contributed by atoms with van der Waals surface area (Å²) >= 11 is 12.2. The molecule has 0 amide bonds. The van der Waals surface area contributed by atoms with Gasteiger partial charge in [0.1, 0.15) is 0 Å². The minimum absolute atomic E-state index is 0.209. The molecule has 1 aromatic carbocycles. The van der Waals surface area contributed by atoms with Gasteiger partial charge in [0.2, 0.25) is 0 Å². The molecular formula is C17H17Cl2NO2. The highest BCUT2D eigenvalue weighted by atomic mass is 35.5. The molecule has 0 aliphatic rings. The lowest BCUT2D eigenvalue weighted by molar-refractivity contribution is -0.140. The first-order chi connectivity index (χ1) is 10.4. The summed E-state index contributed by atoms with van der Waals surface area (Å²) in [6.07, 6.45) is 3.31. The molecular weight excluding hydrogens is 321 g/mol. The van der Waals surface area contributed by atoms with Gasteiger partial charge in [-0.25, -0.2) is 0 Å². The lowest BCUT2D eigenvalue weighted by Crippen LogP contribution is -2.40. The predicted octanol–water partition coefficient (Wildman–Crippen LogP) is 4.36. The Morgan fingerprint density at radius 2 is 2.09 bits per heavy atom. The van der Waals surface area contributed by atoms with E-state index < -0.39 is 11.5 Å². The molecule has 1 aromatic heterocycles.